The number of halogens is 1. The molecular weight excluding hydrogens is 380 g/mol. The average molecular weight is 397 g/mol. The molecule has 3 aromatic carbocycles. The van der Waals surface area contributed by atoms with Crippen LogP contribution in [0, 0.1) is 0 Å². The van der Waals surface area contributed by atoms with Crippen molar-refractivity contribution < 1.29 is 4.79 Å². The molecule has 0 N–H and O–H groups in total. The zero-order chi connectivity index (χ0) is 16.8. The lowest BCUT2D eigenvalue weighted by atomic mass is 10.0. The number of benzene rings is 3. The number of hydrogen-bond donors (Lipinski definition) is 0. The number of Topliss-reactive ketones (excluding diaryl/α,β-unsaturated/α-hetero) is 1. The number of carbonyl (C=O) groups excluding carboxylic acids is 1. The second kappa shape index (κ2) is 8.32. The molecule has 0 unspecified atom stereocenters. The molecule has 0 aliphatic heterocycles. The predicted molar refractivity (Wildman–Crippen MR) is 106 cm³/mol. The summed E-state index contributed by atoms with van der Waals surface area (Å²) >= 11 is 5.14. The van der Waals surface area contributed by atoms with Gasteiger partial charge in [-0.25, -0.2) is 0 Å². The van der Waals surface area contributed by atoms with Crippen LogP contribution in [-0.4, -0.2) is 11.5 Å². The van der Waals surface area contributed by atoms with E-state index in [0.717, 1.165) is 21.4 Å². The molecule has 3 rings (SSSR count). The third kappa shape index (κ3) is 4.59. The van der Waals surface area contributed by atoms with Crippen molar-refractivity contribution in [2.45, 2.75) is 11.3 Å². The van der Waals surface area contributed by atoms with Crippen LogP contribution in [0.25, 0.3) is 11.1 Å². The average Bonchev–Trinajstić information content (AvgIpc) is 2.64. The lowest BCUT2D eigenvalue weighted by molar-refractivity contribution is 0.0989. The highest BCUT2D eigenvalue weighted by molar-refractivity contribution is 9.10. The predicted octanol–water partition coefficient (Wildman–Crippen LogP) is 6.48. The quantitative estimate of drug-likeness (QED) is 0.350. The Morgan fingerprint density at radius 1 is 0.792 bits per heavy atom. The van der Waals surface area contributed by atoms with Gasteiger partial charge in [-0.15, -0.1) is 11.8 Å². The molecule has 0 heterocycles. The Kier molecular flexibility index (Phi) is 5.89. The van der Waals surface area contributed by atoms with E-state index in [2.05, 4.69) is 40.2 Å². The van der Waals surface area contributed by atoms with Gasteiger partial charge in [0.15, 0.2) is 5.78 Å². The molecule has 24 heavy (non-hydrogen) atoms. The number of thioether (sulfide) groups is 1. The number of carbonyl (C=O) groups is 1. The van der Waals surface area contributed by atoms with E-state index in [4.69, 9.17) is 0 Å². The molecule has 0 aliphatic rings. The largest absolute Gasteiger partial charge is 0.294 e. The Hall–Kier alpha value is -1.84. The summed E-state index contributed by atoms with van der Waals surface area (Å²) in [5.74, 6) is 0.986. The monoisotopic (exact) mass is 396 g/mol. The van der Waals surface area contributed by atoms with E-state index >= 15 is 0 Å². The minimum Gasteiger partial charge on any atom is -0.294 e. The maximum absolute atomic E-state index is 12.3. The minimum absolute atomic E-state index is 0.194. The lowest BCUT2D eigenvalue weighted by Crippen LogP contribution is -2.00. The number of hydrogen-bond acceptors (Lipinski definition) is 2. The third-order valence-corrected chi connectivity index (χ3v) is 5.27. The van der Waals surface area contributed by atoms with Crippen LogP contribution in [0.5, 0.6) is 0 Å². The summed E-state index contributed by atoms with van der Waals surface area (Å²) in [5, 5.41) is 0. The fourth-order valence-corrected chi connectivity index (χ4v) is 3.53. The molecule has 0 spiro atoms. The number of rotatable bonds is 6. The minimum atomic E-state index is 0.194. The first-order valence-electron chi connectivity index (χ1n) is 7.79. The van der Waals surface area contributed by atoms with Gasteiger partial charge < -0.3 is 0 Å². The Morgan fingerprint density at radius 3 is 2.08 bits per heavy atom. The Labute approximate surface area is 155 Å². The second-order valence-corrected chi connectivity index (χ2v) is 7.50. The van der Waals surface area contributed by atoms with Crippen molar-refractivity contribution in [3.8, 4) is 11.1 Å². The van der Waals surface area contributed by atoms with Crippen molar-refractivity contribution in [3.05, 3.63) is 88.9 Å². The molecule has 120 valence electrons. The first-order chi connectivity index (χ1) is 11.7. The van der Waals surface area contributed by atoms with Crippen LogP contribution in [0.15, 0.2) is 88.2 Å². The highest BCUT2D eigenvalue weighted by Gasteiger charge is 2.07. The summed E-state index contributed by atoms with van der Waals surface area (Å²) < 4.78 is 1.07. The summed E-state index contributed by atoms with van der Waals surface area (Å²) in [7, 11) is 0. The Morgan fingerprint density at radius 2 is 1.42 bits per heavy atom. The van der Waals surface area contributed by atoms with Gasteiger partial charge in [-0.1, -0.05) is 70.5 Å². The fraction of sp³-hybridized carbons (Fsp3) is 0.0952. The summed E-state index contributed by atoms with van der Waals surface area (Å²) in [5.41, 5.74) is 3.09. The van der Waals surface area contributed by atoms with Crippen molar-refractivity contribution in [1.82, 2.24) is 0 Å². The summed E-state index contributed by atoms with van der Waals surface area (Å²) in [6.07, 6.45) is 0.547. The topological polar surface area (TPSA) is 17.1 Å². The van der Waals surface area contributed by atoms with Crippen LogP contribution < -0.4 is 0 Å². The van der Waals surface area contributed by atoms with Gasteiger partial charge in [0.25, 0.3) is 0 Å². The van der Waals surface area contributed by atoms with Crippen molar-refractivity contribution in [2.24, 2.45) is 0 Å². The maximum atomic E-state index is 12.3. The molecule has 0 aliphatic carbocycles. The zero-order valence-electron chi connectivity index (χ0n) is 13.1. The van der Waals surface area contributed by atoms with Crippen LogP contribution >= 0.6 is 27.7 Å². The van der Waals surface area contributed by atoms with Crippen LogP contribution in [0.4, 0.5) is 0 Å². The molecule has 0 atom stereocenters. The maximum Gasteiger partial charge on any atom is 0.163 e. The van der Waals surface area contributed by atoms with Crippen LogP contribution in [-0.2, 0) is 0 Å². The van der Waals surface area contributed by atoms with E-state index in [1.165, 1.54) is 10.5 Å². The van der Waals surface area contributed by atoms with Gasteiger partial charge in [0.2, 0.25) is 0 Å². The van der Waals surface area contributed by atoms with Crippen LogP contribution in [0.2, 0.25) is 0 Å². The standard InChI is InChI=1S/C21H17BrOS/c22-19-10-12-20(13-11-19)24-15-14-21(23)18-8-6-17(7-9-18)16-4-2-1-3-5-16/h1-13H,14-15H2. The molecule has 0 amide bonds. The Bertz CT molecular complexity index is 796. The van der Waals surface area contributed by atoms with E-state index in [0.29, 0.717) is 6.42 Å². The fourth-order valence-electron chi connectivity index (χ4n) is 2.42. The summed E-state index contributed by atoms with van der Waals surface area (Å²) in [6, 6.07) is 26.3. The van der Waals surface area contributed by atoms with Crippen molar-refractivity contribution in [1.29, 1.82) is 0 Å². The molecule has 3 aromatic rings. The van der Waals surface area contributed by atoms with Gasteiger partial charge in [-0.2, -0.15) is 0 Å². The van der Waals surface area contributed by atoms with Gasteiger partial charge in [-0.05, 0) is 35.4 Å². The van der Waals surface area contributed by atoms with Crippen LogP contribution in [0.1, 0.15) is 16.8 Å². The van der Waals surface area contributed by atoms with E-state index in [9.17, 15) is 4.79 Å². The lowest BCUT2D eigenvalue weighted by Gasteiger charge is -2.05. The van der Waals surface area contributed by atoms with E-state index in [1.54, 1.807) is 11.8 Å². The van der Waals surface area contributed by atoms with E-state index in [1.807, 2.05) is 54.6 Å². The van der Waals surface area contributed by atoms with Crippen molar-refractivity contribution in [3.63, 3.8) is 0 Å². The molecule has 1 nitrogen and oxygen atoms in total. The van der Waals surface area contributed by atoms with Gasteiger partial charge in [0.1, 0.15) is 0 Å². The molecule has 0 fully saturated rings. The highest BCUT2D eigenvalue weighted by atomic mass is 79.9. The van der Waals surface area contributed by atoms with Crippen molar-refractivity contribution >= 4 is 33.5 Å². The molecule has 0 radical (unpaired) electrons. The van der Waals surface area contributed by atoms with Gasteiger partial charge >= 0.3 is 0 Å². The smallest absolute Gasteiger partial charge is 0.163 e. The molecule has 0 saturated carbocycles. The molecule has 0 bridgehead atoms. The first-order valence-corrected chi connectivity index (χ1v) is 9.57. The number of ketones is 1. The first kappa shape index (κ1) is 17.0. The second-order valence-electron chi connectivity index (χ2n) is 5.42. The third-order valence-electron chi connectivity index (χ3n) is 3.73. The van der Waals surface area contributed by atoms with Gasteiger partial charge in [0, 0.05) is 27.1 Å². The van der Waals surface area contributed by atoms with E-state index < -0.39 is 0 Å². The normalized spacial score (nSPS) is 10.5. The van der Waals surface area contributed by atoms with Gasteiger partial charge in [0.05, 0.1) is 0 Å². The Balaban J connectivity index is 1.56. The van der Waals surface area contributed by atoms with Gasteiger partial charge in [-0.3, -0.25) is 4.79 Å². The zero-order valence-corrected chi connectivity index (χ0v) is 15.5. The van der Waals surface area contributed by atoms with E-state index in [-0.39, 0.29) is 5.78 Å². The summed E-state index contributed by atoms with van der Waals surface area (Å²) in [6.45, 7) is 0. The van der Waals surface area contributed by atoms with Crippen LogP contribution in [0.3, 0.4) is 0 Å². The highest BCUT2D eigenvalue weighted by Crippen LogP contribution is 2.23. The molecule has 0 aromatic heterocycles. The SMILES string of the molecule is O=C(CCSc1ccc(Br)cc1)c1ccc(-c2ccccc2)cc1. The molecule has 0 saturated heterocycles. The summed E-state index contributed by atoms with van der Waals surface area (Å²) in [4.78, 5) is 13.5. The van der Waals surface area contributed by atoms with Crippen molar-refractivity contribution in [2.75, 3.05) is 5.75 Å². The molecular formula is C21H17BrOS. The molecule has 3 heteroatoms.